The number of nitrogens with two attached hydrogens (primary N) is 1. The van der Waals surface area contributed by atoms with Crippen LogP contribution in [0.1, 0.15) is 23.2 Å². The number of carbonyl (C=O) groups excluding carboxylic acids is 2. The number of esters is 1. The molecule has 0 radical (unpaired) electrons. The van der Waals surface area contributed by atoms with Gasteiger partial charge in [0.2, 0.25) is 0 Å². The molecule has 0 aliphatic heterocycles. The minimum absolute atomic E-state index is 0.0891. The minimum atomic E-state index is -0.266. The van der Waals surface area contributed by atoms with Gasteiger partial charge >= 0.3 is 5.97 Å². The topological polar surface area (TPSA) is 85.5 Å². The van der Waals surface area contributed by atoms with E-state index in [-0.39, 0.29) is 11.9 Å². The molecule has 21 heavy (non-hydrogen) atoms. The van der Waals surface area contributed by atoms with E-state index in [1.54, 1.807) is 30.1 Å². The molecular formula is C14H17N3O3S. The lowest BCUT2D eigenvalue weighted by molar-refractivity contribution is -0.140. The smallest absolute Gasteiger partial charge is 0.305 e. The molecule has 1 aromatic carbocycles. The van der Waals surface area contributed by atoms with Gasteiger partial charge in [-0.25, -0.2) is 4.98 Å². The van der Waals surface area contributed by atoms with E-state index in [4.69, 9.17) is 5.73 Å². The SMILES string of the molecule is COC(=O)CCCN(C)C(=O)c1ccc2nc(N)sc2c1. The molecule has 0 saturated carbocycles. The van der Waals surface area contributed by atoms with Crippen LogP contribution in [0, 0.1) is 0 Å². The molecule has 2 N–H and O–H groups in total. The number of hydrogen-bond donors (Lipinski definition) is 1. The van der Waals surface area contributed by atoms with Crippen LogP contribution in [0.3, 0.4) is 0 Å². The van der Waals surface area contributed by atoms with Crippen LogP contribution in [0.5, 0.6) is 0 Å². The Labute approximate surface area is 126 Å². The molecule has 0 aliphatic rings. The van der Waals surface area contributed by atoms with Crippen LogP contribution in [0.25, 0.3) is 10.2 Å². The molecule has 0 bridgehead atoms. The van der Waals surface area contributed by atoms with Gasteiger partial charge in [0.05, 0.1) is 17.3 Å². The van der Waals surface area contributed by atoms with Crippen molar-refractivity contribution in [2.75, 3.05) is 26.4 Å². The third-order valence-corrected chi connectivity index (χ3v) is 3.95. The lowest BCUT2D eigenvalue weighted by atomic mass is 10.2. The highest BCUT2D eigenvalue weighted by molar-refractivity contribution is 7.22. The summed E-state index contributed by atoms with van der Waals surface area (Å²) >= 11 is 1.35. The van der Waals surface area contributed by atoms with Crippen molar-refractivity contribution in [3.8, 4) is 0 Å². The summed E-state index contributed by atoms with van der Waals surface area (Å²) in [4.78, 5) is 29.1. The number of nitrogen functional groups attached to an aromatic ring is 1. The summed E-state index contributed by atoms with van der Waals surface area (Å²) < 4.78 is 5.46. The maximum Gasteiger partial charge on any atom is 0.305 e. The highest BCUT2D eigenvalue weighted by Crippen LogP contribution is 2.25. The van der Waals surface area contributed by atoms with E-state index in [9.17, 15) is 9.59 Å². The van der Waals surface area contributed by atoms with Crippen molar-refractivity contribution in [3.05, 3.63) is 23.8 Å². The fourth-order valence-electron chi connectivity index (χ4n) is 1.96. The second kappa shape index (κ2) is 6.53. The monoisotopic (exact) mass is 307 g/mol. The Bertz CT molecular complexity index is 669. The maximum atomic E-state index is 12.3. The highest BCUT2D eigenvalue weighted by Gasteiger charge is 2.13. The van der Waals surface area contributed by atoms with E-state index in [1.807, 2.05) is 0 Å². The molecule has 0 spiro atoms. The van der Waals surface area contributed by atoms with E-state index < -0.39 is 0 Å². The van der Waals surface area contributed by atoms with Crippen molar-refractivity contribution in [3.63, 3.8) is 0 Å². The lowest BCUT2D eigenvalue weighted by Crippen LogP contribution is -2.28. The number of rotatable bonds is 5. The molecule has 112 valence electrons. The normalized spacial score (nSPS) is 10.6. The van der Waals surface area contributed by atoms with Gasteiger partial charge in [0.25, 0.3) is 5.91 Å². The number of hydrogen-bond acceptors (Lipinski definition) is 6. The molecule has 1 aromatic heterocycles. The van der Waals surface area contributed by atoms with Crippen molar-refractivity contribution < 1.29 is 14.3 Å². The number of thiazole rings is 1. The number of carbonyl (C=O) groups is 2. The molecule has 1 amide bonds. The van der Waals surface area contributed by atoms with E-state index in [1.165, 1.54) is 18.4 Å². The summed E-state index contributed by atoms with van der Waals surface area (Å²) in [6.45, 7) is 0.497. The summed E-state index contributed by atoms with van der Waals surface area (Å²) in [7, 11) is 3.07. The number of ether oxygens (including phenoxy) is 1. The Morgan fingerprint density at radius 3 is 2.90 bits per heavy atom. The van der Waals surface area contributed by atoms with E-state index >= 15 is 0 Å². The first-order valence-electron chi connectivity index (χ1n) is 6.49. The Morgan fingerprint density at radius 2 is 2.19 bits per heavy atom. The summed E-state index contributed by atoms with van der Waals surface area (Å²) in [5, 5.41) is 0.487. The largest absolute Gasteiger partial charge is 0.469 e. The second-order valence-electron chi connectivity index (χ2n) is 4.64. The number of aromatic nitrogens is 1. The number of anilines is 1. The molecule has 7 heteroatoms. The minimum Gasteiger partial charge on any atom is -0.469 e. The molecule has 6 nitrogen and oxygen atoms in total. The average Bonchev–Trinajstić information content (AvgIpc) is 2.84. The van der Waals surface area contributed by atoms with Crippen LogP contribution in [0.4, 0.5) is 5.13 Å². The second-order valence-corrected chi connectivity index (χ2v) is 5.70. The van der Waals surface area contributed by atoms with Crippen LogP contribution >= 0.6 is 11.3 Å². The summed E-state index contributed by atoms with van der Waals surface area (Å²) in [5.74, 6) is -0.355. The maximum absolute atomic E-state index is 12.3. The first-order valence-corrected chi connectivity index (χ1v) is 7.31. The molecule has 0 saturated heterocycles. The first kappa shape index (κ1) is 15.2. The zero-order valence-electron chi connectivity index (χ0n) is 12.0. The predicted octanol–water partition coefficient (Wildman–Crippen LogP) is 1.90. The Balaban J connectivity index is 2.01. The Morgan fingerprint density at radius 1 is 1.43 bits per heavy atom. The van der Waals surface area contributed by atoms with Gasteiger partial charge in [-0.15, -0.1) is 0 Å². The third-order valence-electron chi connectivity index (χ3n) is 3.10. The first-order chi connectivity index (χ1) is 10.0. The van der Waals surface area contributed by atoms with Gasteiger partial charge in [0, 0.05) is 25.6 Å². The average molecular weight is 307 g/mol. The number of fused-ring (bicyclic) bond motifs is 1. The zero-order chi connectivity index (χ0) is 15.4. The highest BCUT2D eigenvalue weighted by atomic mass is 32.1. The molecule has 2 aromatic rings. The molecule has 2 rings (SSSR count). The fraction of sp³-hybridized carbons (Fsp3) is 0.357. The third kappa shape index (κ3) is 3.69. The molecule has 0 atom stereocenters. The van der Waals surface area contributed by atoms with Crippen molar-refractivity contribution >= 4 is 38.6 Å². The van der Waals surface area contributed by atoms with Gasteiger partial charge in [0.1, 0.15) is 0 Å². The number of methoxy groups -OCH3 is 1. The van der Waals surface area contributed by atoms with Gasteiger partial charge in [-0.1, -0.05) is 11.3 Å². The molecular weight excluding hydrogens is 290 g/mol. The standard InChI is InChI=1S/C14H17N3O3S/c1-17(7-3-4-12(18)20-2)13(19)9-5-6-10-11(8-9)21-14(15)16-10/h5-6,8H,3-4,7H2,1-2H3,(H2,15,16). The quantitative estimate of drug-likeness (QED) is 0.853. The predicted molar refractivity (Wildman–Crippen MR) is 82.2 cm³/mol. The van der Waals surface area contributed by atoms with E-state index in [0.717, 1.165) is 10.2 Å². The summed E-state index contributed by atoms with van der Waals surface area (Å²) in [6.07, 6.45) is 0.878. The van der Waals surface area contributed by atoms with Crippen LogP contribution in [0.2, 0.25) is 0 Å². The molecule has 0 fully saturated rings. The van der Waals surface area contributed by atoms with Crippen LogP contribution < -0.4 is 5.73 Å². The molecule has 0 unspecified atom stereocenters. The van der Waals surface area contributed by atoms with Crippen molar-refractivity contribution in [1.29, 1.82) is 0 Å². The van der Waals surface area contributed by atoms with Crippen LogP contribution in [-0.2, 0) is 9.53 Å². The lowest BCUT2D eigenvalue weighted by Gasteiger charge is -2.16. The number of nitrogens with zero attached hydrogens (tertiary/aromatic N) is 2. The van der Waals surface area contributed by atoms with Gasteiger partial charge in [-0.3, -0.25) is 9.59 Å². The van der Waals surface area contributed by atoms with Crippen molar-refractivity contribution in [2.45, 2.75) is 12.8 Å². The van der Waals surface area contributed by atoms with Gasteiger partial charge < -0.3 is 15.4 Å². The Kier molecular flexibility index (Phi) is 4.74. The van der Waals surface area contributed by atoms with Crippen molar-refractivity contribution in [1.82, 2.24) is 9.88 Å². The Hall–Kier alpha value is -2.15. The van der Waals surface area contributed by atoms with E-state index in [2.05, 4.69) is 9.72 Å². The summed E-state index contributed by atoms with van der Waals surface area (Å²) in [6, 6.07) is 5.32. The van der Waals surface area contributed by atoms with Gasteiger partial charge in [-0.05, 0) is 24.6 Å². The zero-order valence-corrected chi connectivity index (χ0v) is 12.8. The van der Waals surface area contributed by atoms with Crippen LogP contribution in [-0.4, -0.2) is 42.5 Å². The van der Waals surface area contributed by atoms with Gasteiger partial charge in [0.15, 0.2) is 5.13 Å². The van der Waals surface area contributed by atoms with Gasteiger partial charge in [-0.2, -0.15) is 0 Å². The van der Waals surface area contributed by atoms with Crippen LogP contribution in [0.15, 0.2) is 18.2 Å². The summed E-state index contributed by atoms with van der Waals surface area (Å²) in [5.41, 5.74) is 7.04. The molecule has 1 heterocycles. The number of benzene rings is 1. The van der Waals surface area contributed by atoms with E-state index in [0.29, 0.717) is 30.1 Å². The van der Waals surface area contributed by atoms with Crippen molar-refractivity contribution in [2.24, 2.45) is 0 Å². The number of amides is 1. The fourth-order valence-corrected chi connectivity index (χ4v) is 2.73. The molecule has 0 aliphatic carbocycles.